The van der Waals surface area contributed by atoms with Gasteiger partial charge in [-0.25, -0.2) is 0 Å². The Balaban J connectivity index is 1.58. The van der Waals surface area contributed by atoms with E-state index < -0.39 is 0 Å². The smallest absolute Gasteiger partial charge is 0.0834 e. The molecule has 0 radical (unpaired) electrons. The van der Waals surface area contributed by atoms with Crippen LogP contribution in [0.2, 0.25) is 0 Å². The molecule has 3 heteroatoms. The molecule has 1 N–H and O–H groups in total. The third-order valence-electron chi connectivity index (χ3n) is 5.20. The van der Waals surface area contributed by atoms with Crippen LogP contribution >= 0.6 is 0 Å². The number of ether oxygens (including phenoxy) is 2. The molecular formula is C15H27NO2. The van der Waals surface area contributed by atoms with Crippen LogP contribution in [0.1, 0.15) is 51.9 Å². The molecule has 3 unspecified atom stereocenters. The van der Waals surface area contributed by atoms with Crippen LogP contribution in [0.4, 0.5) is 0 Å². The molecule has 3 atom stereocenters. The van der Waals surface area contributed by atoms with Crippen molar-refractivity contribution in [2.24, 2.45) is 5.41 Å². The van der Waals surface area contributed by atoms with Gasteiger partial charge in [-0.3, -0.25) is 0 Å². The van der Waals surface area contributed by atoms with E-state index in [4.69, 9.17) is 9.47 Å². The van der Waals surface area contributed by atoms with Crippen molar-refractivity contribution < 1.29 is 9.47 Å². The summed E-state index contributed by atoms with van der Waals surface area (Å²) < 4.78 is 11.8. The van der Waals surface area contributed by atoms with Crippen LogP contribution in [-0.2, 0) is 9.47 Å². The van der Waals surface area contributed by atoms with Crippen LogP contribution in [-0.4, -0.2) is 38.0 Å². The van der Waals surface area contributed by atoms with Crippen LogP contribution < -0.4 is 5.32 Å². The molecule has 1 aliphatic heterocycles. The first-order valence-electron chi connectivity index (χ1n) is 7.82. The van der Waals surface area contributed by atoms with Crippen molar-refractivity contribution in [1.29, 1.82) is 0 Å². The minimum Gasteiger partial charge on any atom is -0.379 e. The number of hydrogen-bond acceptors (Lipinski definition) is 3. The molecule has 3 aliphatic rings. The van der Waals surface area contributed by atoms with Crippen LogP contribution in [0, 0.1) is 5.41 Å². The largest absolute Gasteiger partial charge is 0.379 e. The fourth-order valence-corrected chi connectivity index (χ4v) is 4.10. The summed E-state index contributed by atoms with van der Waals surface area (Å²) in [6.07, 6.45) is 9.95. The fourth-order valence-electron chi connectivity index (χ4n) is 4.10. The highest BCUT2D eigenvalue weighted by molar-refractivity contribution is 5.10. The Morgan fingerprint density at radius 1 is 1.33 bits per heavy atom. The van der Waals surface area contributed by atoms with Gasteiger partial charge >= 0.3 is 0 Å². The van der Waals surface area contributed by atoms with Crippen molar-refractivity contribution in [2.75, 3.05) is 19.8 Å². The summed E-state index contributed by atoms with van der Waals surface area (Å²) >= 11 is 0. The average molecular weight is 253 g/mol. The summed E-state index contributed by atoms with van der Waals surface area (Å²) in [6.45, 7) is 5.12. The van der Waals surface area contributed by atoms with Crippen molar-refractivity contribution in [1.82, 2.24) is 5.32 Å². The highest BCUT2D eigenvalue weighted by Crippen LogP contribution is 2.55. The predicted molar refractivity (Wildman–Crippen MR) is 71.7 cm³/mol. The molecule has 0 bridgehead atoms. The van der Waals surface area contributed by atoms with Crippen molar-refractivity contribution in [3.8, 4) is 0 Å². The Bertz CT molecular complexity index is 270. The Kier molecular flexibility index (Phi) is 3.92. The maximum Gasteiger partial charge on any atom is 0.0834 e. The van der Waals surface area contributed by atoms with Gasteiger partial charge in [0, 0.05) is 18.1 Å². The second-order valence-electron chi connectivity index (χ2n) is 6.29. The molecule has 1 spiro atoms. The molecule has 0 aromatic rings. The summed E-state index contributed by atoms with van der Waals surface area (Å²) in [4.78, 5) is 0. The lowest BCUT2D eigenvalue weighted by Crippen LogP contribution is -2.63. The molecule has 0 amide bonds. The molecule has 2 saturated carbocycles. The van der Waals surface area contributed by atoms with Gasteiger partial charge in [0.15, 0.2) is 0 Å². The molecular weight excluding hydrogens is 226 g/mol. The van der Waals surface area contributed by atoms with Gasteiger partial charge in [0.1, 0.15) is 0 Å². The molecule has 1 heterocycles. The van der Waals surface area contributed by atoms with E-state index >= 15 is 0 Å². The highest BCUT2D eigenvalue weighted by atomic mass is 16.6. The topological polar surface area (TPSA) is 30.5 Å². The summed E-state index contributed by atoms with van der Waals surface area (Å²) in [5, 5.41) is 3.75. The van der Waals surface area contributed by atoms with Gasteiger partial charge in [0.2, 0.25) is 0 Å². The normalized spacial score (nSPS) is 38.2. The van der Waals surface area contributed by atoms with E-state index in [2.05, 4.69) is 12.2 Å². The summed E-state index contributed by atoms with van der Waals surface area (Å²) in [5.41, 5.74) is 0.470. The van der Waals surface area contributed by atoms with Gasteiger partial charge in [-0.2, -0.15) is 0 Å². The Morgan fingerprint density at radius 3 is 2.83 bits per heavy atom. The molecule has 0 aromatic heterocycles. The molecule has 2 aliphatic carbocycles. The lowest BCUT2D eigenvalue weighted by atomic mass is 9.60. The van der Waals surface area contributed by atoms with Crippen LogP contribution in [0.15, 0.2) is 0 Å². The third kappa shape index (κ3) is 2.21. The second-order valence-corrected chi connectivity index (χ2v) is 6.29. The molecule has 3 nitrogen and oxygen atoms in total. The summed E-state index contributed by atoms with van der Waals surface area (Å²) in [7, 11) is 0. The van der Waals surface area contributed by atoms with E-state index in [0.717, 1.165) is 26.2 Å². The lowest BCUT2D eigenvalue weighted by molar-refractivity contribution is -0.159. The van der Waals surface area contributed by atoms with Crippen LogP contribution in [0.3, 0.4) is 0 Å². The monoisotopic (exact) mass is 253 g/mol. The molecule has 3 rings (SSSR count). The molecule has 1 saturated heterocycles. The molecule has 104 valence electrons. The zero-order valence-electron chi connectivity index (χ0n) is 11.6. The van der Waals surface area contributed by atoms with Crippen molar-refractivity contribution in [3.05, 3.63) is 0 Å². The minimum atomic E-state index is 0.375. The van der Waals surface area contributed by atoms with Gasteiger partial charge in [0.25, 0.3) is 0 Å². The predicted octanol–water partition coefficient (Wildman–Crippen LogP) is 2.49. The molecule has 0 aromatic carbocycles. The van der Waals surface area contributed by atoms with Crippen molar-refractivity contribution in [2.45, 2.75) is 70.1 Å². The molecule has 18 heavy (non-hydrogen) atoms. The van der Waals surface area contributed by atoms with Gasteiger partial charge < -0.3 is 14.8 Å². The number of nitrogens with one attached hydrogen (secondary N) is 1. The quantitative estimate of drug-likeness (QED) is 0.816. The van der Waals surface area contributed by atoms with Crippen molar-refractivity contribution >= 4 is 0 Å². The van der Waals surface area contributed by atoms with E-state index in [0.29, 0.717) is 23.7 Å². The first-order chi connectivity index (χ1) is 8.85. The van der Waals surface area contributed by atoms with E-state index in [1.54, 1.807) is 0 Å². The number of rotatable bonds is 5. The van der Waals surface area contributed by atoms with Crippen molar-refractivity contribution in [3.63, 3.8) is 0 Å². The first-order valence-corrected chi connectivity index (χ1v) is 7.82. The zero-order chi connectivity index (χ0) is 12.4. The Morgan fingerprint density at radius 2 is 2.17 bits per heavy atom. The number of hydrogen-bond donors (Lipinski definition) is 1. The van der Waals surface area contributed by atoms with Gasteiger partial charge in [0.05, 0.1) is 18.8 Å². The first kappa shape index (κ1) is 12.9. The van der Waals surface area contributed by atoms with E-state index in [9.17, 15) is 0 Å². The van der Waals surface area contributed by atoms with E-state index in [-0.39, 0.29) is 0 Å². The standard InChI is InChI=1S/C15H27NO2/c1-2-8-16-13-10-14(15(13)6-3-4-7-15)18-12-5-9-17-11-12/h12-14,16H,2-11H2,1H3. The maximum atomic E-state index is 6.33. The highest BCUT2D eigenvalue weighted by Gasteiger charge is 2.56. The van der Waals surface area contributed by atoms with Crippen LogP contribution in [0.5, 0.6) is 0 Å². The van der Waals surface area contributed by atoms with Crippen LogP contribution in [0.25, 0.3) is 0 Å². The second kappa shape index (κ2) is 5.48. The maximum absolute atomic E-state index is 6.33. The van der Waals surface area contributed by atoms with Gasteiger partial charge in [-0.05, 0) is 38.6 Å². The minimum absolute atomic E-state index is 0.375. The van der Waals surface area contributed by atoms with Gasteiger partial charge in [-0.15, -0.1) is 0 Å². The zero-order valence-corrected chi connectivity index (χ0v) is 11.6. The summed E-state index contributed by atoms with van der Waals surface area (Å²) in [5.74, 6) is 0. The molecule has 3 fully saturated rings. The van der Waals surface area contributed by atoms with Gasteiger partial charge in [-0.1, -0.05) is 19.8 Å². The Hall–Kier alpha value is -0.120. The lowest BCUT2D eigenvalue weighted by Gasteiger charge is -2.55. The van der Waals surface area contributed by atoms with E-state index in [1.807, 2.05) is 0 Å². The summed E-state index contributed by atoms with van der Waals surface area (Å²) in [6, 6.07) is 0.715. The average Bonchev–Trinajstić information content (AvgIpc) is 3.03. The third-order valence-corrected chi connectivity index (χ3v) is 5.20. The van der Waals surface area contributed by atoms with E-state index in [1.165, 1.54) is 38.5 Å². The SMILES string of the molecule is CCCNC1CC(OC2CCOC2)C12CCCC2. The Labute approximate surface area is 111 Å². The fraction of sp³-hybridized carbons (Fsp3) is 1.00.